The van der Waals surface area contributed by atoms with Crippen LogP contribution < -0.4 is 4.74 Å². The topological polar surface area (TPSA) is 9.23 Å². The van der Waals surface area contributed by atoms with Crippen molar-refractivity contribution < 1.29 is 13.5 Å². The second-order valence-electron chi connectivity index (χ2n) is 4.67. The van der Waals surface area contributed by atoms with E-state index in [0.717, 1.165) is 6.07 Å². The van der Waals surface area contributed by atoms with Gasteiger partial charge in [-0.1, -0.05) is 27.7 Å². The molecule has 1 aromatic carbocycles. The van der Waals surface area contributed by atoms with E-state index in [0.29, 0.717) is 18.1 Å². The molecule has 0 saturated heterocycles. The van der Waals surface area contributed by atoms with Gasteiger partial charge in [0.25, 0.3) is 0 Å². The summed E-state index contributed by atoms with van der Waals surface area (Å²) in [5, 5.41) is 0. The third-order valence-electron chi connectivity index (χ3n) is 2.22. The molecule has 90 valence electrons. The van der Waals surface area contributed by atoms with Crippen molar-refractivity contribution >= 4 is 0 Å². The van der Waals surface area contributed by atoms with Crippen LogP contribution in [0.1, 0.15) is 39.2 Å². The van der Waals surface area contributed by atoms with Crippen molar-refractivity contribution in [2.75, 3.05) is 6.61 Å². The zero-order valence-corrected chi connectivity index (χ0v) is 10.2. The van der Waals surface area contributed by atoms with Crippen molar-refractivity contribution in [3.8, 4) is 5.75 Å². The molecular formula is C13H18F2O. The van der Waals surface area contributed by atoms with E-state index in [1.54, 1.807) is 0 Å². The molecule has 0 aliphatic rings. The Morgan fingerprint density at radius 3 is 2.25 bits per heavy atom. The number of ether oxygens (including phenoxy) is 1. The Kier molecular flexibility index (Phi) is 4.27. The van der Waals surface area contributed by atoms with E-state index in [2.05, 4.69) is 0 Å². The van der Waals surface area contributed by atoms with Crippen molar-refractivity contribution in [1.82, 2.24) is 0 Å². The predicted octanol–water partition coefficient (Wildman–Crippen LogP) is 4.12. The zero-order chi connectivity index (χ0) is 12.3. The summed E-state index contributed by atoms with van der Waals surface area (Å²) < 4.78 is 32.0. The second kappa shape index (κ2) is 5.28. The fourth-order valence-electron chi connectivity index (χ4n) is 1.41. The van der Waals surface area contributed by atoms with Crippen molar-refractivity contribution in [3.63, 3.8) is 0 Å². The van der Waals surface area contributed by atoms with Crippen LogP contribution in [0.3, 0.4) is 0 Å². The van der Waals surface area contributed by atoms with Crippen LogP contribution in [0.25, 0.3) is 0 Å². The summed E-state index contributed by atoms with van der Waals surface area (Å²) in [6, 6.07) is 2.20. The molecule has 0 radical (unpaired) electrons. The molecule has 0 aromatic heterocycles. The molecule has 16 heavy (non-hydrogen) atoms. The average molecular weight is 228 g/mol. The minimum absolute atomic E-state index is 0.0346. The molecule has 0 heterocycles. The highest BCUT2D eigenvalue weighted by Crippen LogP contribution is 2.30. The second-order valence-corrected chi connectivity index (χ2v) is 4.67. The molecule has 0 aliphatic carbocycles. The molecule has 0 aliphatic heterocycles. The van der Waals surface area contributed by atoms with Gasteiger partial charge >= 0.3 is 0 Å². The highest BCUT2D eigenvalue weighted by Gasteiger charge is 2.15. The van der Waals surface area contributed by atoms with Crippen LogP contribution >= 0.6 is 0 Å². The van der Waals surface area contributed by atoms with Crippen LogP contribution in [-0.2, 0) is 0 Å². The van der Waals surface area contributed by atoms with Crippen LogP contribution in [0.5, 0.6) is 5.75 Å². The van der Waals surface area contributed by atoms with E-state index in [4.69, 9.17) is 4.74 Å². The van der Waals surface area contributed by atoms with E-state index >= 15 is 0 Å². The first-order chi connectivity index (χ1) is 7.41. The van der Waals surface area contributed by atoms with Gasteiger partial charge in [-0.3, -0.25) is 0 Å². The van der Waals surface area contributed by atoms with Crippen LogP contribution in [0.4, 0.5) is 8.78 Å². The van der Waals surface area contributed by atoms with E-state index in [1.807, 2.05) is 27.7 Å². The highest BCUT2D eigenvalue weighted by molar-refractivity contribution is 5.37. The molecule has 0 atom stereocenters. The minimum atomic E-state index is -0.621. The molecule has 1 rings (SSSR count). The fourth-order valence-corrected chi connectivity index (χ4v) is 1.41. The van der Waals surface area contributed by atoms with E-state index < -0.39 is 11.6 Å². The number of halogens is 2. The maximum Gasteiger partial charge on any atom is 0.168 e. The summed E-state index contributed by atoms with van der Waals surface area (Å²) in [6.07, 6.45) is 0. The molecule has 0 saturated carbocycles. The van der Waals surface area contributed by atoms with Crippen molar-refractivity contribution in [1.29, 1.82) is 0 Å². The largest absolute Gasteiger partial charge is 0.490 e. The fraction of sp³-hybridized carbons (Fsp3) is 0.538. The van der Waals surface area contributed by atoms with Crippen LogP contribution in [-0.4, -0.2) is 6.61 Å². The van der Waals surface area contributed by atoms with Gasteiger partial charge in [0.1, 0.15) is 5.82 Å². The highest BCUT2D eigenvalue weighted by atomic mass is 19.1. The maximum absolute atomic E-state index is 13.6. The Morgan fingerprint density at radius 2 is 1.75 bits per heavy atom. The zero-order valence-electron chi connectivity index (χ0n) is 10.2. The predicted molar refractivity (Wildman–Crippen MR) is 60.8 cm³/mol. The van der Waals surface area contributed by atoms with Gasteiger partial charge in [-0.2, -0.15) is 0 Å². The normalized spacial score (nSPS) is 11.2. The van der Waals surface area contributed by atoms with Crippen LogP contribution in [0.15, 0.2) is 12.1 Å². The summed E-state index contributed by atoms with van der Waals surface area (Å²) in [5.41, 5.74) is 0.582. The molecule has 1 nitrogen and oxygen atoms in total. The van der Waals surface area contributed by atoms with Gasteiger partial charge in [0.2, 0.25) is 0 Å². The Hall–Kier alpha value is -1.12. The summed E-state index contributed by atoms with van der Waals surface area (Å²) in [6.45, 7) is 8.17. The Morgan fingerprint density at radius 1 is 1.12 bits per heavy atom. The van der Waals surface area contributed by atoms with Gasteiger partial charge < -0.3 is 4.74 Å². The van der Waals surface area contributed by atoms with E-state index in [-0.39, 0.29) is 11.7 Å². The van der Waals surface area contributed by atoms with Gasteiger partial charge in [0.05, 0.1) is 6.61 Å². The maximum atomic E-state index is 13.6. The number of rotatable bonds is 4. The lowest BCUT2D eigenvalue weighted by Crippen LogP contribution is -2.08. The quantitative estimate of drug-likeness (QED) is 0.753. The van der Waals surface area contributed by atoms with Crippen LogP contribution in [0.2, 0.25) is 0 Å². The van der Waals surface area contributed by atoms with Crippen LogP contribution in [0, 0.1) is 17.6 Å². The van der Waals surface area contributed by atoms with Crippen molar-refractivity contribution in [2.45, 2.75) is 33.6 Å². The van der Waals surface area contributed by atoms with Gasteiger partial charge in [-0.25, -0.2) is 8.78 Å². The molecule has 0 bridgehead atoms. The molecule has 3 heteroatoms. The Labute approximate surface area is 95.4 Å². The lowest BCUT2D eigenvalue weighted by Gasteiger charge is -2.16. The number of hydrogen-bond acceptors (Lipinski definition) is 1. The molecule has 0 fully saturated rings. The summed E-state index contributed by atoms with van der Waals surface area (Å²) in [4.78, 5) is 0. The van der Waals surface area contributed by atoms with Gasteiger partial charge in [-0.15, -0.1) is 0 Å². The van der Waals surface area contributed by atoms with Crippen molar-refractivity contribution in [2.24, 2.45) is 5.92 Å². The number of hydrogen-bond donors (Lipinski definition) is 0. The van der Waals surface area contributed by atoms with Gasteiger partial charge in [0.15, 0.2) is 11.6 Å². The summed E-state index contributed by atoms with van der Waals surface area (Å²) >= 11 is 0. The Balaban J connectivity index is 3.04. The monoisotopic (exact) mass is 228 g/mol. The molecule has 0 amide bonds. The number of benzene rings is 1. The van der Waals surface area contributed by atoms with Gasteiger partial charge in [-0.05, 0) is 17.9 Å². The Bertz CT molecular complexity index is 359. The van der Waals surface area contributed by atoms with E-state index in [9.17, 15) is 8.78 Å². The van der Waals surface area contributed by atoms with Gasteiger partial charge in [0, 0.05) is 11.6 Å². The smallest absolute Gasteiger partial charge is 0.168 e. The first-order valence-corrected chi connectivity index (χ1v) is 5.53. The lowest BCUT2D eigenvalue weighted by molar-refractivity contribution is 0.255. The molecule has 1 aromatic rings. The summed E-state index contributed by atoms with van der Waals surface area (Å²) in [5.74, 6) is -0.649. The first-order valence-electron chi connectivity index (χ1n) is 5.53. The molecular weight excluding hydrogens is 210 g/mol. The summed E-state index contributed by atoms with van der Waals surface area (Å²) in [7, 11) is 0. The third kappa shape index (κ3) is 3.19. The lowest BCUT2D eigenvalue weighted by atomic mass is 10.0. The van der Waals surface area contributed by atoms with E-state index in [1.165, 1.54) is 6.07 Å². The molecule has 0 N–H and O–H groups in total. The standard InChI is InChI=1S/C13H18F2O/c1-8(2)7-16-13-11(9(3)4)5-10(14)6-12(13)15/h5-6,8-9H,7H2,1-4H3. The van der Waals surface area contributed by atoms with Crippen molar-refractivity contribution in [3.05, 3.63) is 29.3 Å². The SMILES string of the molecule is CC(C)COc1c(F)cc(F)cc1C(C)C. The first kappa shape index (κ1) is 12.9. The minimum Gasteiger partial charge on any atom is -0.490 e. The average Bonchev–Trinajstić information content (AvgIpc) is 2.14. The third-order valence-corrected chi connectivity index (χ3v) is 2.22. The molecule has 0 spiro atoms. The molecule has 0 unspecified atom stereocenters.